The Hall–Kier alpha value is -1.24. The van der Waals surface area contributed by atoms with E-state index in [1.54, 1.807) is 18.2 Å². The molecule has 1 rings (SSSR count). The second-order valence-corrected chi connectivity index (χ2v) is 6.27. The average Bonchev–Trinajstić information content (AvgIpc) is 2.36. The van der Waals surface area contributed by atoms with Crippen molar-refractivity contribution >= 4 is 20.4 Å². The van der Waals surface area contributed by atoms with E-state index < -0.39 is 25.9 Å². The highest BCUT2D eigenvalue weighted by molar-refractivity contribution is 7.86. The summed E-state index contributed by atoms with van der Waals surface area (Å²) in [6.45, 7) is 2.06. The van der Waals surface area contributed by atoms with E-state index in [1.165, 1.54) is 12.4 Å². The zero-order chi connectivity index (χ0) is 16.7. The van der Waals surface area contributed by atoms with Crippen LogP contribution in [0.2, 0.25) is 0 Å². The maximum atomic E-state index is 11.3. The van der Waals surface area contributed by atoms with E-state index in [2.05, 4.69) is 0 Å². The Labute approximate surface area is 120 Å². The number of aromatic nitrogens is 1. The van der Waals surface area contributed by atoms with Gasteiger partial charge < -0.3 is 4.55 Å². The Morgan fingerprint density at radius 1 is 1.10 bits per heavy atom. The van der Waals surface area contributed by atoms with Gasteiger partial charge in [-0.25, -0.2) is 12.6 Å². The Morgan fingerprint density at radius 3 is 1.86 bits per heavy atom. The lowest BCUT2D eigenvalue weighted by Crippen LogP contribution is -2.43. The number of nitrogens with zero attached hydrogens (tertiary/aromatic N) is 1. The molecule has 0 aromatic carbocycles. The third-order valence-corrected chi connectivity index (χ3v) is 3.46. The van der Waals surface area contributed by atoms with Gasteiger partial charge in [0.2, 0.25) is 0 Å². The summed E-state index contributed by atoms with van der Waals surface area (Å²) in [5, 5.41) is 0. The minimum absolute atomic E-state index is 0.213. The second kappa shape index (κ2) is 7.68. The highest BCUT2D eigenvalue weighted by atomic mass is 32.2. The average molecular weight is 351 g/mol. The van der Waals surface area contributed by atoms with Gasteiger partial charge in [0.15, 0.2) is 22.5 Å². The molecule has 1 heterocycles. The lowest BCUT2D eigenvalue weighted by atomic mass is 10.5. The van der Waals surface area contributed by atoms with Crippen LogP contribution in [-0.4, -0.2) is 33.5 Å². The molecule has 7 nitrogen and oxygen atoms in total. The molecule has 0 bridgehead atoms. The van der Waals surface area contributed by atoms with Crippen LogP contribution in [-0.2, 0) is 24.6 Å². The molecule has 21 heavy (non-hydrogen) atoms. The molecule has 0 atom stereocenters. The SMILES string of the molecule is CCCOS(=O)(=O)[n+]1ccccc1.O=S(=O)([O-])C(F)(F)F. The standard InChI is InChI=1S/C8H12NO3S.CHF3O3S/c1-2-8-12-13(10,11)9-6-4-3-5-7-9;2-1(3,4)8(5,6)7/h3-7H,2,8H2,1H3;(H,5,6,7)/q+1;/p-1. The Bertz CT molecular complexity index is 627. The van der Waals surface area contributed by atoms with Crippen molar-refractivity contribution in [2.45, 2.75) is 18.9 Å². The van der Waals surface area contributed by atoms with E-state index >= 15 is 0 Å². The molecular weight excluding hydrogens is 339 g/mol. The second-order valence-electron chi connectivity index (χ2n) is 3.38. The molecule has 122 valence electrons. The van der Waals surface area contributed by atoms with Crippen LogP contribution in [0.5, 0.6) is 0 Å². The summed E-state index contributed by atoms with van der Waals surface area (Å²) >= 11 is 0. The Morgan fingerprint density at radius 2 is 1.52 bits per heavy atom. The summed E-state index contributed by atoms with van der Waals surface area (Å²) in [6, 6.07) is 5.01. The van der Waals surface area contributed by atoms with Crippen LogP contribution in [0.25, 0.3) is 0 Å². The smallest absolute Gasteiger partial charge is 0.513 e. The summed E-state index contributed by atoms with van der Waals surface area (Å²) < 4.78 is 87.3. The van der Waals surface area contributed by atoms with Crippen molar-refractivity contribution in [3.05, 3.63) is 30.6 Å². The number of alkyl halides is 3. The topological polar surface area (TPSA) is 104 Å². The van der Waals surface area contributed by atoms with Crippen molar-refractivity contribution < 1.29 is 42.7 Å². The molecule has 0 unspecified atom stereocenters. The lowest BCUT2D eigenvalue weighted by molar-refractivity contribution is -0.520. The minimum atomic E-state index is -6.09. The maximum Gasteiger partial charge on any atom is 0.513 e. The van der Waals surface area contributed by atoms with Gasteiger partial charge in [0.1, 0.15) is 0 Å². The molecule has 0 N–H and O–H groups in total. The summed E-state index contributed by atoms with van der Waals surface area (Å²) in [5.41, 5.74) is -5.65. The molecule has 1 aromatic heterocycles. The van der Waals surface area contributed by atoms with E-state index in [4.69, 9.17) is 17.2 Å². The first kappa shape index (κ1) is 19.8. The largest absolute Gasteiger partial charge is 0.741 e. The van der Waals surface area contributed by atoms with Gasteiger partial charge in [-0.1, -0.05) is 17.0 Å². The van der Waals surface area contributed by atoms with Crippen LogP contribution in [0.3, 0.4) is 0 Å². The molecular formula is C9H12F3NO6S2. The molecule has 0 saturated heterocycles. The molecule has 0 saturated carbocycles. The highest BCUT2D eigenvalue weighted by Gasteiger charge is 2.36. The fourth-order valence-corrected chi connectivity index (χ4v) is 1.72. The highest BCUT2D eigenvalue weighted by Crippen LogP contribution is 2.20. The van der Waals surface area contributed by atoms with Crippen LogP contribution >= 0.6 is 0 Å². The van der Waals surface area contributed by atoms with Gasteiger partial charge in [-0.05, 0) is 6.42 Å². The van der Waals surface area contributed by atoms with Gasteiger partial charge in [-0.2, -0.15) is 13.2 Å². The molecule has 0 aliphatic rings. The summed E-state index contributed by atoms with van der Waals surface area (Å²) in [5.74, 6) is 0. The number of hydrogen-bond donors (Lipinski definition) is 0. The quantitative estimate of drug-likeness (QED) is 0.446. The molecule has 12 heteroatoms. The third kappa shape index (κ3) is 7.36. The normalized spacial score (nSPS) is 12.4. The summed E-state index contributed by atoms with van der Waals surface area (Å²) in [6.07, 6.45) is 3.54. The first-order valence-corrected chi connectivity index (χ1v) is 8.07. The molecule has 0 aliphatic carbocycles. The number of rotatable bonds is 4. The van der Waals surface area contributed by atoms with Crippen molar-refractivity contribution in [1.29, 1.82) is 0 Å². The number of hydrogen-bond acceptors (Lipinski definition) is 6. The predicted molar refractivity (Wildman–Crippen MR) is 63.0 cm³/mol. The van der Waals surface area contributed by atoms with Crippen LogP contribution in [0, 0.1) is 0 Å². The van der Waals surface area contributed by atoms with Gasteiger partial charge in [0, 0.05) is 12.1 Å². The fourth-order valence-electron chi connectivity index (χ4n) is 0.781. The fraction of sp³-hybridized carbons (Fsp3) is 0.444. The van der Waals surface area contributed by atoms with E-state index in [0.717, 1.165) is 3.97 Å². The predicted octanol–water partition coefficient (Wildman–Crippen LogP) is 0.545. The van der Waals surface area contributed by atoms with E-state index in [-0.39, 0.29) is 6.61 Å². The minimum Gasteiger partial charge on any atom is -0.741 e. The zero-order valence-corrected chi connectivity index (χ0v) is 12.3. The molecule has 0 spiro atoms. The van der Waals surface area contributed by atoms with Crippen molar-refractivity contribution in [3.8, 4) is 0 Å². The van der Waals surface area contributed by atoms with Crippen LogP contribution in [0.15, 0.2) is 30.6 Å². The van der Waals surface area contributed by atoms with E-state index in [1.807, 2.05) is 6.92 Å². The molecule has 0 fully saturated rings. The van der Waals surface area contributed by atoms with Gasteiger partial charge >= 0.3 is 15.8 Å². The first-order valence-electron chi connectivity index (χ1n) is 5.30. The number of pyridine rings is 1. The first-order chi connectivity index (χ1) is 9.42. The van der Waals surface area contributed by atoms with Gasteiger partial charge in [0.25, 0.3) is 0 Å². The molecule has 1 aromatic rings. The third-order valence-electron chi connectivity index (χ3n) is 1.67. The Balaban J connectivity index is 0.000000433. The van der Waals surface area contributed by atoms with Crippen molar-refractivity contribution in [1.82, 2.24) is 0 Å². The Kier molecular flexibility index (Phi) is 7.23. The van der Waals surface area contributed by atoms with E-state index in [0.29, 0.717) is 6.42 Å². The zero-order valence-electron chi connectivity index (χ0n) is 10.6. The molecule has 0 aliphatic heterocycles. The van der Waals surface area contributed by atoms with Crippen LogP contribution in [0.1, 0.15) is 13.3 Å². The number of halogens is 3. The molecule has 0 amide bonds. The monoisotopic (exact) mass is 351 g/mol. The summed E-state index contributed by atoms with van der Waals surface area (Å²) in [7, 11) is -9.70. The lowest BCUT2D eigenvalue weighted by Gasteiger charge is -2.08. The van der Waals surface area contributed by atoms with Gasteiger partial charge in [-0.15, -0.1) is 8.42 Å². The van der Waals surface area contributed by atoms with Crippen molar-refractivity contribution in [2.24, 2.45) is 0 Å². The van der Waals surface area contributed by atoms with Gasteiger partial charge in [-0.3, -0.25) is 0 Å². The summed E-state index contributed by atoms with van der Waals surface area (Å²) in [4.78, 5) is 0. The van der Waals surface area contributed by atoms with Crippen molar-refractivity contribution in [3.63, 3.8) is 0 Å². The van der Waals surface area contributed by atoms with E-state index in [9.17, 15) is 21.6 Å². The van der Waals surface area contributed by atoms with Gasteiger partial charge in [0.05, 0.1) is 6.61 Å². The molecule has 0 radical (unpaired) electrons. The van der Waals surface area contributed by atoms with Crippen LogP contribution < -0.4 is 3.97 Å². The maximum absolute atomic E-state index is 11.3. The van der Waals surface area contributed by atoms with Crippen molar-refractivity contribution in [2.75, 3.05) is 6.61 Å². The van der Waals surface area contributed by atoms with Crippen LogP contribution in [0.4, 0.5) is 13.2 Å².